The molecule has 112 valence electrons. The summed E-state index contributed by atoms with van der Waals surface area (Å²) >= 11 is 0. The van der Waals surface area contributed by atoms with Crippen molar-refractivity contribution in [2.75, 3.05) is 19.5 Å². The second kappa shape index (κ2) is 5.80. The quantitative estimate of drug-likeness (QED) is 0.737. The van der Waals surface area contributed by atoms with Crippen molar-refractivity contribution in [1.82, 2.24) is 19.5 Å². The third kappa shape index (κ3) is 2.26. The van der Waals surface area contributed by atoms with Crippen LogP contribution in [0.25, 0.3) is 11.2 Å². The third-order valence-corrected chi connectivity index (χ3v) is 3.41. The second-order valence-electron chi connectivity index (χ2n) is 4.63. The van der Waals surface area contributed by atoms with Crippen molar-refractivity contribution in [2.24, 2.45) is 0 Å². The fourth-order valence-corrected chi connectivity index (χ4v) is 2.38. The average molecular weight is 297 g/mol. The Hall–Kier alpha value is -2.96. The number of hydrogen-bond donors (Lipinski definition) is 1. The molecule has 3 rings (SSSR count). The standard InChI is InChI=1S/C15H15N5O2/c1-16-13-11-14(18-8-17-13)20(9-19-11)12(15(21)22-2)10-6-4-3-5-7-10/h3-9,12H,1-2H3,(H,16,17,18). The Bertz CT molecular complexity index is 800. The molecule has 0 fully saturated rings. The van der Waals surface area contributed by atoms with Crippen molar-refractivity contribution < 1.29 is 9.53 Å². The van der Waals surface area contributed by atoms with Gasteiger partial charge < -0.3 is 10.1 Å². The number of carbonyl (C=O) groups is 1. The summed E-state index contributed by atoms with van der Waals surface area (Å²) < 4.78 is 6.64. The first-order chi connectivity index (χ1) is 10.8. The number of carbonyl (C=O) groups excluding carboxylic acids is 1. The first-order valence-corrected chi connectivity index (χ1v) is 6.74. The van der Waals surface area contributed by atoms with Gasteiger partial charge in [-0.1, -0.05) is 30.3 Å². The Balaban J connectivity index is 2.19. The van der Waals surface area contributed by atoms with Crippen LogP contribution in [-0.4, -0.2) is 39.6 Å². The van der Waals surface area contributed by atoms with E-state index in [1.807, 2.05) is 30.3 Å². The van der Waals surface area contributed by atoms with Gasteiger partial charge in [-0.25, -0.2) is 19.7 Å². The molecule has 0 amide bonds. The molecule has 3 aromatic rings. The maximum absolute atomic E-state index is 12.3. The molecule has 0 saturated heterocycles. The highest BCUT2D eigenvalue weighted by molar-refractivity contribution is 5.86. The van der Waals surface area contributed by atoms with Crippen LogP contribution < -0.4 is 5.32 Å². The Morgan fingerprint density at radius 3 is 2.68 bits per heavy atom. The van der Waals surface area contributed by atoms with E-state index in [0.29, 0.717) is 17.0 Å². The minimum absolute atomic E-state index is 0.380. The molecule has 7 nitrogen and oxygen atoms in total. The van der Waals surface area contributed by atoms with E-state index in [2.05, 4.69) is 20.3 Å². The van der Waals surface area contributed by atoms with Crippen LogP contribution in [0.2, 0.25) is 0 Å². The van der Waals surface area contributed by atoms with E-state index in [4.69, 9.17) is 4.74 Å². The molecule has 0 aliphatic heterocycles. The average Bonchev–Trinajstić information content (AvgIpc) is 3.00. The molecular weight excluding hydrogens is 282 g/mol. The van der Waals surface area contributed by atoms with Crippen LogP contribution in [0.1, 0.15) is 11.6 Å². The highest BCUT2D eigenvalue weighted by Crippen LogP contribution is 2.25. The van der Waals surface area contributed by atoms with Gasteiger partial charge in [0.1, 0.15) is 11.8 Å². The van der Waals surface area contributed by atoms with E-state index in [-0.39, 0.29) is 5.97 Å². The molecule has 1 N–H and O–H groups in total. The molecule has 0 aliphatic carbocycles. The zero-order chi connectivity index (χ0) is 15.5. The number of hydrogen-bond acceptors (Lipinski definition) is 6. The van der Waals surface area contributed by atoms with Crippen LogP contribution in [0.5, 0.6) is 0 Å². The summed E-state index contributed by atoms with van der Waals surface area (Å²) in [5.41, 5.74) is 1.98. The second-order valence-corrected chi connectivity index (χ2v) is 4.63. The van der Waals surface area contributed by atoms with Crippen molar-refractivity contribution in [3.8, 4) is 0 Å². The number of aromatic nitrogens is 4. The van der Waals surface area contributed by atoms with Gasteiger partial charge in [-0.15, -0.1) is 0 Å². The summed E-state index contributed by atoms with van der Waals surface area (Å²) in [5, 5.41) is 2.96. The van der Waals surface area contributed by atoms with Gasteiger partial charge in [0.25, 0.3) is 0 Å². The number of rotatable bonds is 4. The van der Waals surface area contributed by atoms with Gasteiger partial charge in [0.15, 0.2) is 17.5 Å². The molecule has 0 aliphatic rings. The normalized spacial score (nSPS) is 12.1. The van der Waals surface area contributed by atoms with Crippen molar-refractivity contribution in [1.29, 1.82) is 0 Å². The molecule has 0 bridgehead atoms. The Labute approximate surface area is 127 Å². The van der Waals surface area contributed by atoms with Crippen LogP contribution in [0, 0.1) is 0 Å². The van der Waals surface area contributed by atoms with Crippen LogP contribution in [0.3, 0.4) is 0 Å². The Kier molecular flexibility index (Phi) is 3.69. The largest absolute Gasteiger partial charge is 0.467 e. The Morgan fingerprint density at radius 2 is 2.00 bits per heavy atom. The van der Waals surface area contributed by atoms with E-state index in [1.165, 1.54) is 13.4 Å². The third-order valence-electron chi connectivity index (χ3n) is 3.41. The van der Waals surface area contributed by atoms with Crippen molar-refractivity contribution >= 4 is 23.0 Å². The van der Waals surface area contributed by atoms with Gasteiger partial charge in [-0.3, -0.25) is 4.57 Å². The van der Waals surface area contributed by atoms with Gasteiger partial charge in [0.2, 0.25) is 0 Å². The minimum atomic E-state index is -0.643. The van der Waals surface area contributed by atoms with Crippen molar-refractivity contribution in [2.45, 2.75) is 6.04 Å². The molecule has 0 spiro atoms. The Morgan fingerprint density at radius 1 is 1.23 bits per heavy atom. The highest BCUT2D eigenvalue weighted by atomic mass is 16.5. The number of ether oxygens (including phenoxy) is 1. The minimum Gasteiger partial charge on any atom is -0.467 e. The lowest BCUT2D eigenvalue weighted by atomic mass is 10.1. The molecule has 7 heteroatoms. The van der Waals surface area contributed by atoms with Gasteiger partial charge in [-0.2, -0.15) is 0 Å². The van der Waals surface area contributed by atoms with Gasteiger partial charge in [0.05, 0.1) is 13.4 Å². The first-order valence-electron chi connectivity index (χ1n) is 6.74. The smallest absolute Gasteiger partial charge is 0.333 e. The van der Waals surface area contributed by atoms with Gasteiger partial charge >= 0.3 is 5.97 Å². The molecule has 2 heterocycles. The highest BCUT2D eigenvalue weighted by Gasteiger charge is 2.26. The number of benzene rings is 1. The summed E-state index contributed by atoms with van der Waals surface area (Å²) in [6, 6.07) is 8.74. The molecule has 2 aromatic heterocycles. The van der Waals surface area contributed by atoms with E-state index in [0.717, 1.165) is 5.56 Å². The molecule has 22 heavy (non-hydrogen) atoms. The van der Waals surface area contributed by atoms with Crippen LogP contribution >= 0.6 is 0 Å². The number of anilines is 1. The predicted octanol–water partition coefficient (Wildman–Crippen LogP) is 1.63. The number of esters is 1. The molecular formula is C15H15N5O2. The maximum Gasteiger partial charge on any atom is 0.333 e. The zero-order valence-corrected chi connectivity index (χ0v) is 12.2. The number of imidazole rings is 1. The number of fused-ring (bicyclic) bond motifs is 1. The molecule has 1 atom stereocenters. The van der Waals surface area contributed by atoms with Crippen molar-refractivity contribution in [3.05, 3.63) is 48.5 Å². The summed E-state index contributed by atoms with van der Waals surface area (Å²) in [6.45, 7) is 0. The first kappa shape index (κ1) is 14.0. The maximum atomic E-state index is 12.3. The summed E-state index contributed by atoms with van der Waals surface area (Å²) in [5.74, 6) is 0.232. The SMILES string of the molecule is CNc1ncnc2c1ncn2C(C(=O)OC)c1ccccc1. The van der Waals surface area contributed by atoms with E-state index in [9.17, 15) is 4.79 Å². The molecule has 1 aromatic carbocycles. The fourth-order valence-electron chi connectivity index (χ4n) is 2.38. The summed E-state index contributed by atoms with van der Waals surface area (Å²) in [7, 11) is 3.13. The molecule has 0 radical (unpaired) electrons. The lowest BCUT2D eigenvalue weighted by molar-refractivity contribution is -0.143. The molecule has 1 unspecified atom stereocenters. The van der Waals surface area contributed by atoms with Crippen LogP contribution in [0.4, 0.5) is 5.82 Å². The number of nitrogens with zero attached hydrogens (tertiary/aromatic N) is 4. The lowest BCUT2D eigenvalue weighted by Crippen LogP contribution is -2.21. The summed E-state index contributed by atoms with van der Waals surface area (Å²) in [6.07, 6.45) is 3.01. The monoisotopic (exact) mass is 297 g/mol. The van der Waals surface area contributed by atoms with Crippen molar-refractivity contribution in [3.63, 3.8) is 0 Å². The predicted molar refractivity (Wildman–Crippen MR) is 81.5 cm³/mol. The van der Waals surface area contributed by atoms with Gasteiger partial charge in [-0.05, 0) is 5.56 Å². The van der Waals surface area contributed by atoms with E-state index < -0.39 is 6.04 Å². The lowest BCUT2D eigenvalue weighted by Gasteiger charge is -2.17. The zero-order valence-electron chi connectivity index (χ0n) is 12.2. The van der Waals surface area contributed by atoms with E-state index >= 15 is 0 Å². The van der Waals surface area contributed by atoms with Gasteiger partial charge in [0, 0.05) is 7.05 Å². The summed E-state index contributed by atoms with van der Waals surface area (Å²) in [4.78, 5) is 25.0. The van der Waals surface area contributed by atoms with Crippen LogP contribution in [0.15, 0.2) is 43.0 Å². The van der Waals surface area contributed by atoms with Crippen LogP contribution in [-0.2, 0) is 9.53 Å². The topological polar surface area (TPSA) is 81.9 Å². The fraction of sp³-hybridized carbons (Fsp3) is 0.200. The number of nitrogens with one attached hydrogen (secondary N) is 1. The molecule has 0 saturated carbocycles. The van der Waals surface area contributed by atoms with E-state index in [1.54, 1.807) is 17.9 Å². The number of methoxy groups -OCH3 is 1.